The van der Waals surface area contributed by atoms with Gasteiger partial charge in [-0.3, -0.25) is 4.21 Å². The van der Waals surface area contributed by atoms with Gasteiger partial charge in [0.15, 0.2) is 0 Å². The van der Waals surface area contributed by atoms with Gasteiger partial charge in [-0.05, 0) is 44.0 Å². The van der Waals surface area contributed by atoms with Crippen LogP contribution in [0.1, 0.15) is 0 Å². The Morgan fingerprint density at radius 1 is 0.955 bits per heavy atom. The van der Waals surface area contributed by atoms with Crippen molar-refractivity contribution in [3.05, 3.63) is 57.5 Å². The Balaban J connectivity index is 2.40. The summed E-state index contributed by atoms with van der Waals surface area (Å²) in [5.74, 6) is 0.210. The molecule has 3 rings (SSSR count). The van der Waals surface area contributed by atoms with Crippen LogP contribution in [-0.2, 0) is 10.8 Å². The van der Waals surface area contributed by atoms with Crippen molar-refractivity contribution in [1.29, 1.82) is 0 Å². The van der Waals surface area contributed by atoms with Crippen LogP contribution in [0.4, 0.5) is 0 Å². The lowest BCUT2D eigenvalue weighted by atomic mass is 10.0. The normalized spacial score (nSPS) is 12.5. The Labute approximate surface area is 147 Å². The van der Waals surface area contributed by atoms with Gasteiger partial charge < -0.3 is 5.11 Å². The third-order valence-electron chi connectivity index (χ3n) is 3.50. The van der Waals surface area contributed by atoms with Crippen LogP contribution in [-0.4, -0.2) is 15.6 Å². The highest BCUT2D eigenvalue weighted by Crippen LogP contribution is 2.42. The van der Waals surface area contributed by atoms with Crippen molar-refractivity contribution >= 4 is 53.4 Å². The molecule has 112 valence electrons. The van der Waals surface area contributed by atoms with E-state index >= 15 is 0 Å². The predicted octanol–water partition coefficient (Wildman–Crippen LogP) is 5.47. The SMILES string of the molecule is CS(=O)c1c(Br)cccc1-c1cc(O)c2ccccc2c1Br. The third kappa shape index (κ3) is 2.62. The summed E-state index contributed by atoms with van der Waals surface area (Å²) in [6, 6.07) is 15.0. The van der Waals surface area contributed by atoms with Crippen LogP contribution in [0.5, 0.6) is 5.75 Å². The minimum absolute atomic E-state index is 0.210. The van der Waals surface area contributed by atoms with Crippen LogP contribution in [0, 0.1) is 0 Å². The molecular formula is C17H12Br2O2S. The number of fused-ring (bicyclic) bond motifs is 1. The number of phenols is 1. The van der Waals surface area contributed by atoms with Crippen molar-refractivity contribution in [1.82, 2.24) is 0 Å². The number of benzene rings is 3. The lowest BCUT2D eigenvalue weighted by Crippen LogP contribution is -1.95. The van der Waals surface area contributed by atoms with Crippen LogP contribution in [0.25, 0.3) is 21.9 Å². The minimum Gasteiger partial charge on any atom is -0.507 e. The van der Waals surface area contributed by atoms with E-state index in [4.69, 9.17) is 0 Å². The van der Waals surface area contributed by atoms with Crippen LogP contribution >= 0.6 is 31.9 Å². The molecule has 22 heavy (non-hydrogen) atoms. The van der Waals surface area contributed by atoms with Crippen molar-refractivity contribution in [2.24, 2.45) is 0 Å². The van der Waals surface area contributed by atoms with Gasteiger partial charge in [0, 0.05) is 37.1 Å². The van der Waals surface area contributed by atoms with Crippen molar-refractivity contribution in [3.8, 4) is 16.9 Å². The largest absolute Gasteiger partial charge is 0.507 e. The molecular weight excluding hydrogens is 428 g/mol. The number of hydrogen-bond donors (Lipinski definition) is 1. The van der Waals surface area contributed by atoms with Gasteiger partial charge in [0.25, 0.3) is 0 Å². The molecule has 0 aliphatic carbocycles. The molecule has 0 amide bonds. The smallest absolute Gasteiger partial charge is 0.124 e. The minimum atomic E-state index is -1.15. The fraction of sp³-hybridized carbons (Fsp3) is 0.0588. The van der Waals surface area contributed by atoms with E-state index in [2.05, 4.69) is 31.9 Å². The molecule has 0 saturated heterocycles. The summed E-state index contributed by atoms with van der Waals surface area (Å²) in [4.78, 5) is 0.720. The molecule has 0 saturated carbocycles. The molecule has 0 heterocycles. The zero-order valence-electron chi connectivity index (χ0n) is 11.6. The van der Waals surface area contributed by atoms with E-state index in [1.54, 1.807) is 12.3 Å². The summed E-state index contributed by atoms with van der Waals surface area (Å²) >= 11 is 7.10. The summed E-state index contributed by atoms with van der Waals surface area (Å²) in [6.07, 6.45) is 1.65. The highest BCUT2D eigenvalue weighted by Gasteiger charge is 2.17. The first-order chi connectivity index (χ1) is 10.5. The van der Waals surface area contributed by atoms with Gasteiger partial charge in [-0.1, -0.05) is 36.4 Å². The monoisotopic (exact) mass is 438 g/mol. The zero-order valence-corrected chi connectivity index (χ0v) is 15.6. The van der Waals surface area contributed by atoms with Crippen molar-refractivity contribution in [3.63, 3.8) is 0 Å². The summed E-state index contributed by atoms with van der Waals surface area (Å²) in [5, 5.41) is 12.0. The molecule has 1 atom stereocenters. The van der Waals surface area contributed by atoms with Gasteiger partial charge in [-0.2, -0.15) is 0 Å². The number of hydrogen-bond acceptors (Lipinski definition) is 2. The molecule has 0 aromatic heterocycles. The van der Waals surface area contributed by atoms with E-state index in [0.717, 1.165) is 35.7 Å². The second-order valence-electron chi connectivity index (χ2n) is 4.87. The molecule has 0 spiro atoms. The van der Waals surface area contributed by atoms with Gasteiger partial charge in [-0.15, -0.1) is 0 Å². The van der Waals surface area contributed by atoms with E-state index in [1.165, 1.54) is 0 Å². The Bertz CT molecular complexity index is 907. The number of phenolic OH excluding ortho intramolecular Hbond substituents is 1. The first kappa shape index (κ1) is 15.7. The van der Waals surface area contributed by atoms with Crippen LogP contribution in [0.2, 0.25) is 0 Å². The van der Waals surface area contributed by atoms with Crippen molar-refractivity contribution in [2.75, 3.05) is 6.26 Å². The number of aromatic hydroxyl groups is 1. The van der Waals surface area contributed by atoms with Crippen molar-refractivity contribution < 1.29 is 9.32 Å². The summed E-state index contributed by atoms with van der Waals surface area (Å²) < 4.78 is 13.8. The van der Waals surface area contributed by atoms with Gasteiger partial charge in [-0.25, -0.2) is 0 Å². The Hall–Kier alpha value is -1.17. The van der Waals surface area contributed by atoms with E-state index in [-0.39, 0.29) is 5.75 Å². The van der Waals surface area contributed by atoms with E-state index < -0.39 is 10.8 Å². The van der Waals surface area contributed by atoms with Gasteiger partial charge >= 0.3 is 0 Å². The Morgan fingerprint density at radius 2 is 1.64 bits per heavy atom. The second-order valence-corrected chi connectivity index (χ2v) is 7.84. The number of rotatable bonds is 2. The first-order valence-electron chi connectivity index (χ1n) is 6.53. The van der Waals surface area contributed by atoms with E-state index in [9.17, 15) is 9.32 Å². The lowest BCUT2D eigenvalue weighted by Gasteiger charge is -2.14. The number of halogens is 2. The quantitative estimate of drug-likeness (QED) is 0.574. The lowest BCUT2D eigenvalue weighted by molar-refractivity contribution is 0.482. The topological polar surface area (TPSA) is 37.3 Å². The fourth-order valence-electron chi connectivity index (χ4n) is 2.53. The maximum Gasteiger partial charge on any atom is 0.124 e. The molecule has 2 nitrogen and oxygen atoms in total. The van der Waals surface area contributed by atoms with Crippen LogP contribution < -0.4 is 0 Å². The average molecular weight is 440 g/mol. The predicted molar refractivity (Wildman–Crippen MR) is 98.8 cm³/mol. The molecule has 1 unspecified atom stereocenters. The van der Waals surface area contributed by atoms with Gasteiger partial charge in [0.05, 0.1) is 15.7 Å². The van der Waals surface area contributed by atoms with Gasteiger partial charge in [0.1, 0.15) is 5.75 Å². The van der Waals surface area contributed by atoms with E-state index in [1.807, 2.05) is 42.5 Å². The molecule has 1 N–H and O–H groups in total. The van der Waals surface area contributed by atoms with Crippen LogP contribution in [0.3, 0.4) is 0 Å². The molecule has 3 aromatic rings. The first-order valence-corrected chi connectivity index (χ1v) is 9.67. The molecule has 3 aromatic carbocycles. The summed E-state index contributed by atoms with van der Waals surface area (Å²) in [5.41, 5.74) is 1.66. The molecule has 0 bridgehead atoms. The fourth-order valence-corrected chi connectivity index (χ4v) is 5.08. The summed E-state index contributed by atoms with van der Waals surface area (Å²) in [7, 11) is -1.15. The highest BCUT2D eigenvalue weighted by atomic mass is 79.9. The molecule has 0 aliphatic heterocycles. The zero-order chi connectivity index (χ0) is 15.9. The molecule has 0 fully saturated rings. The Kier molecular flexibility index (Phi) is 4.39. The van der Waals surface area contributed by atoms with Crippen LogP contribution in [0.15, 0.2) is 62.4 Å². The Morgan fingerprint density at radius 3 is 2.32 bits per heavy atom. The maximum atomic E-state index is 12.1. The molecule has 0 radical (unpaired) electrons. The van der Waals surface area contributed by atoms with Gasteiger partial charge in [0.2, 0.25) is 0 Å². The summed E-state index contributed by atoms with van der Waals surface area (Å²) in [6.45, 7) is 0. The maximum absolute atomic E-state index is 12.1. The second kappa shape index (κ2) is 6.14. The molecule has 0 aliphatic rings. The van der Waals surface area contributed by atoms with E-state index in [0.29, 0.717) is 0 Å². The standard InChI is InChI=1S/C17H12Br2O2S/c1-22(21)17-12(7-4-8-14(17)18)13-9-15(20)10-5-2-3-6-11(10)16(13)19/h2-9,20H,1H3. The third-order valence-corrected chi connectivity index (χ3v) is 6.29. The van der Waals surface area contributed by atoms with Crippen molar-refractivity contribution in [2.45, 2.75) is 4.90 Å². The average Bonchev–Trinajstić information content (AvgIpc) is 2.50. The highest BCUT2D eigenvalue weighted by molar-refractivity contribution is 9.11. The molecule has 5 heteroatoms.